The van der Waals surface area contributed by atoms with Crippen molar-refractivity contribution in [2.24, 2.45) is 0 Å². The van der Waals surface area contributed by atoms with Gasteiger partial charge in [0.2, 0.25) is 6.79 Å². The molecule has 2 aromatic rings. The number of amides is 2. The van der Waals surface area contributed by atoms with Crippen LogP contribution < -0.4 is 19.7 Å². The molecule has 0 aliphatic carbocycles. The molecule has 1 N–H and O–H groups in total. The lowest BCUT2D eigenvalue weighted by atomic mass is 10.1. The van der Waals surface area contributed by atoms with Crippen LogP contribution in [0.4, 0.5) is 5.69 Å². The van der Waals surface area contributed by atoms with Gasteiger partial charge in [0.25, 0.3) is 11.8 Å². The summed E-state index contributed by atoms with van der Waals surface area (Å²) >= 11 is 11.0. The molecule has 8 heteroatoms. The van der Waals surface area contributed by atoms with Crippen LogP contribution in [0.3, 0.4) is 0 Å². The summed E-state index contributed by atoms with van der Waals surface area (Å²) in [6.07, 6.45) is 1.49. The van der Waals surface area contributed by atoms with Crippen molar-refractivity contribution in [3.63, 3.8) is 0 Å². The lowest BCUT2D eigenvalue weighted by Gasteiger charge is -2.28. The van der Waals surface area contributed by atoms with E-state index in [4.69, 9.17) is 33.3 Å². The molecule has 0 bridgehead atoms. The molecule has 130 valence electrons. The first kappa shape index (κ1) is 16.6. The molecule has 0 aromatic heterocycles. The molecule has 1 saturated heterocycles. The molecule has 6 nitrogen and oxygen atoms in total. The monoisotopic (exact) mass is 386 g/mol. The molecule has 4 rings (SSSR count). The Bertz CT molecular complexity index is 972. The SMILES string of the molecule is O=C1NC(=S)N(c2ccc(Cl)cc2)C(=O)C1=Cc1ccc2c(c1)OCO2. The van der Waals surface area contributed by atoms with Crippen LogP contribution in [0, 0.1) is 0 Å². The van der Waals surface area contributed by atoms with Crippen LogP contribution in [-0.4, -0.2) is 23.7 Å². The van der Waals surface area contributed by atoms with E-state index >= 15 is 0 Å². The summed E-state index contributed by atoms with van der Waals surface area (Å²) in [6.45, 7) is 0.146. The maximum Gasteiger partial charge on any atom is 0.270 e. The summed E-state index contributed by atoms with van der Waals surface area (Å²) in [6, 6.07) is 11.8. The molecule has 2 amide bonds. The zero-order valence-corrected chi connectivity index (χ0v) is 14.8. The molecule has 2 aliphatic rings. The van der Waals surface area contributed by atoms with Gasteiger partial charge in [0, 0.05) is 5.02 Å². The average molecular weight is 387 g/mol. The number of carbonyl (C=O) groups excluding carboxylic acids is 2. The van der Waals surface area contributed by atoms with Crippen LogP contribution in [0.15, 0.2) is 48.0 Å². The highest BCUT2D eigenvalue weighted by molar-refractivity contribution is 7.80. The van der Waals surface area contributed by atoms with Crippen molar-refractivity contribution in [1.29, 1.82) is 0 Å². The first-order valence-electron chi connectivity index (χ1n) is 7.59. The smallest absolute Gasteiger partial charge is 0.270 e. The zero-order valence-electron chi connectivity index (χ0n) is 13.2. The fourth-order valence-electron chi connectivity index (χ4n) is 2.65. The predicted octanol–water partition coefficient (Wildman–Crippen LogP) is 2.90. The Kier molecular flexibility index (Phi) is 4.10. The van der Waals surface area contributed by atoms with Gasteiger partial charge in [0.15, 0.2) is 16.6 Å². The summed E-state index contributed by atoms with van der Waals surface area (Å²) < 4.78 is 10.6. The number of ether oxygens (including phenoxy) is 2. The van der Waals surface area contributed by atoms with E-state index in [1.165, 1.54) is 11.0 Å². The number of halogens is 1. The van der Waals surface area contributed by atoms with E-state index in [1.54, 1.807) is 42.5 Å². The minimum atomic E-state index is -0.553. The number of fused-ring (bicyclic) bond motifs is 1. The van der Waals surface area contributed by atoms with Crippen LogP contribution in [0.5, 0.6) is 11.5 Å². The highest BCUT2D eigenvalue weighted by Crippen LogP contribution is 2.33. The Balaban J connectivity index is 1.71. The van der Waals surface area contributed by atoms with Gasteiger partial charge in [0.1, 0.15) is 5.57 Å². The van der Waals surface area contributed by atoms with Crippen molar-refractivity contribution >= 4 is 52.5 Å². The number of hydrogen-bond donors (Lipinski definition) is 1. The molecule has 1 fully saturated rings. The second-order valence-electron chi connectivity index (χ2n) is 5.55. The summed E-state index contributed by atoms with van der Waals surface area (Å²) in [5, 5.41) is 3.09. The van der Waals surface area contributed by atoms with E-state index in [2.05, 4.69) is 5.32 Å². The summed E-state index contributed by atoms with van der Waals surface area (Å²) in [4.78, 5) is 26.4. The third-order valence-corrected chi connectivity index (χ3v) is 4.43. The topological polar surface area (TPSA) is 67.9 Å². The molecule has 2 aromatic carbocycles. The highest BCUT2D eigenvalue weighted by Gasteiger charge is 2.34. The normalized spacial score (nSPS) is 17.7. The van der Waals surface area contributed by atoms with Gasteiger partial charge in [-0.3, -0.25) is 19.8 Å². The predicted molar refractivity (Wildman–Crippen MR) is 100 cm³/mol. The Hall–Kier alpha value is -2.90. The molecule has 2 heterocycles. The number of hydrogen-bond acceptors (Lipinski definition) is 5. The van der Waals surface area contributed by atoms with Gasteiger partial charge in [-0.1, -0.05) is 17.7 Å². The summed E-state index contributed by atoms with van der Waals surface area (Å²) in [5.41, 5.74) is 1.12. The number of carbonyl (C=O) groups is 2. The minimum absolute atomic E-state index is 0.0187. The Morgan fingerprint density at radius 2 is 1.81 bits per heavy atom. The summed E-state index contributed by atoms with van der Waals surface area (Å²) in [7, 11) is 0. The van der Waals surface area contributed by atoms with Crippen LogP contribution in [-0.2, 0) is 9.59 Å². The second-order valence-corrected chi connectivity index (χ2v) is 6.37. The van der Waals surface area contributed by atoms with E-state index in [0.717, 1.165) is 0 Å². The van der Waals surface area contributed by atoms with Gasteiger partial charge in [-0.05, 0) is 60.3 Å². The number of nitrogens with zero attached hydrogens (tertiary/aromatic N) is 1. The van der Waals surface area contributed by atoms with E-state index in [-0.39, 0.29) is 17.5 Å². The zero-order chi connectivity index (χ0) is 18.3. The lowest BCUT2D eigenvalue weighted by Crippen LogP contribution is -2.54. The quantitative estimate of drug-likeness (QED) is 0.488. The lowest BCUT2D eigenvalue weighted by molar-refractivity contribution is -0.122. The van der Waals surface area contributed by atoms with Crippen LogP contribution >= 0.6 is 23.8 Å². The molecule has 0 atom stereocenters. The van der Waals surface area contributed by atoms with E-state index in [1.807, 2.05) is 0 Å². The third-order valence-electron chi connectivity index (χ3n) is 3.89. The Labute approximate surface area is 158 Å². The van der Waals surface area contributed by atoms with Crippen molar-refractivity contribution in [2.75, 3.05) is 11.7 Å². The highest BCUT2D eigenvalue weighted by atomic mass is 35.5. The molecule has 0 radical (unpaired) electrons. The number of thiocarbonyl (C=S) groups is 1. The second kappa shape index (κ2) is 6.44. The van der Waals surface area contributed by atoms with Gasteiger partial charge in [-0.25, -0.2) is 0 Å². The molecule has 0 saturated carbocycles. The van der Waals surface area contributed by atoms with Crippen molar-refractivity contribution < 1.29 is 19.1 Å². The third kappa shape index (κ3) is 2.91. The Morgan fingerprint density at radius 3 is 2.58 bits per heavy atom. The van der Waals surface area contributed by atoms with Crippen molar-refractivity contribution in [1.82, 2.24) is 5.32 Å². The van der Waals surface area contributed by atoms with Gasteiger partial charge >= 0.3 is 0 Å². The van der Waals surface area contributed by atoms with Gasteiger partial charge in [-0.2, -0.15) is 0 Å². The number of nitrogens with one attached hydrogen (secondary N) is 1. The molecule has 2 aliphatic heterocycles. The van der Waals surface area contributed by atoms with Gasteiger partial charge < -0.3 is 9.47 Å². The average Bonchev–Trinajstić information content (AvgIpc) is 3.08. The van der Waals surface area contributed by atoms with Gasteiger partial charge in [0.05, 0.1) is 5.69 Å². The maximum absolute atomic E-state index is 12.9. The first-order chi connectivity index (χ1) is 12.5. The fourth-order valence-corrected chi connectivity index (χ4v) is 3.06. The Morgan fingerprint density at radius 1 is 1.08 bits per heavy atom. The van der Waals surface area contributed by atoms with Crippen LogP contribution in [0.2, 0.25) is 5.02 Å². The van der Waals surface area contributed by atoms with Crippen molar-refractivity contribution in [2.45, 2.75) is 0 Å². The number of anilines is 1. The van der Waals surface area contributed by atoms with Crippen molar-refractivity contribution in [3.05, 3.63) is 58.6 Å². The maximum atomic E-state index is 12.9. The van der Waals surface area contributed by atoms with E-state index in [9.17, 15) is 9.59 Å². The van der Waals surface area contributed by atoms with Gasteiger partial charge in [-0.15, -0.1) is 0 Å². The molecular formula is C18H11ClN2O4S. The number of benzene rings is 2. The summed E-state index contributed by atoms with van der Waals surface area (Å²) in [5.74, 6) is 0.116. The van der Waals surface area contributed by atoms with Crippen LogP contribution in [0.1, 0.15) is 5.56 Å². The number of rotatable bonds is 2. The molecule has 26 heavy (non-hydrogen) atoms. The van der Waals surface area contributed by atoms with Crippen LogP contribution in [0.25, 0.3) is 6.08 Å². The first-order valence-corrected chi connectivity index (χ1v) is 8.38. The fraction of sp³-hybridized carbons (Fsp3) is 0.0556. The largest absolute Gasteiger partial charge is 0.454 e. The molecule has 0 spiro atoms. The minimum Gasteiger partial charge on any atom is -0.454 e. The van der Waals surface area contributed by atoms with E-state index in [0.29, 0.717) is 27.8 Å². The van der Waals surface area contributed by atoms with E-state index < -0.39 is 11.8 Å². The van der Waals surface area contributed by atoms with Crippen molar-refractivity contribution in [3.8, 4) is 11.5 Å². The standard InChI is InChI=1S/C18H11ClN2O4S/c19-11-2-4-12(5-3-11)21-17(23)13(16(22)20-18(21)26)7-10-1-6-14-15(8-10)25-9-24-14/h1-8H,9H2,(H,20,22,26). The molecular weight excluding hydrogens is 376 g/mol. The molecule has 0 unspecified atom stereocenters.